The fourth-order valence-corrected chi connectivity index (χ4v) is 1.76. The van der Waals surface area contributed by atoms with Gasteiger partial charge in [0.1, 0.15) is 17.7 Å². The predicted molar refractivity (Wildman–Crippen MR) is 70.7 cm³/mol. The van der Waals surface area contributed by atoms with Crippen molar-refractivity contribution in [2.45, 2.75) is 0 Å². The largest absolute Gasteiger partial charge is 0.395 e. The van der Waals surface area contributed by atoms with Crippen LogP contribution in [0.5, 0.6) is 0 Å². The number of pyridine rings is 1. The van der Waals surface area contributed by atoms with Crippen LogP contribution in [0.4, 0.5) is 26.0 Å². The molecule has 0 unspecified atom stereocenters. The van der Waals surface area contributed by atoms with Crippen LogP contribution in [0.3, 0.4) is 0 Å². The number of halogens is 3. The van der Waals surface area contributed by atoms with Crippen LogP contribution in [0.1, 0.15) is 5.56 Å². The predicted octanol–water partition coefficient (Wildman–Crippen LogP) is 3.32. The number of hydrogen-bond acceptors (Lipinski definition) is 4. The minimum absolute atomic E-state index is 0.00237. The van der Waals surface area contributed by atoms with E-state index in [9.17, 15) is 8.78 Å². The van der Waals surface area contributed by atoms with Crippen LogP contribution in [-0.4, -0.2) is 4.98 Å². The van der Waals surface area contributed by atoms with E-state index in [1.54, 1.807) is 0 Å². The first-order valence-corrected chi connectivity index (χ1v) is 5.88. The topological polar surface area (TPSA) is 74.7 Å². The molecule has 1 aromatic carbocycles. The number of aromatic nitrogens is 1. The second kappa shape index (κ2) is 5.20. The molecule has 4 nitrogen and oxygen atoms in total. The average molecular weight is 325 g/mol. The van der Waals surface area contributed by atoms with Gasteiger partial charge < -0.3 is 11.1 Å². The van der Waals surface area contributed by atoms with Crippen molar-refractivity contribution in [3.8, 4) is 6.07 Å². The van der Waals surface area contributed by atoms with Crippen LogP contribution in [0.25, 0.3) is 0 Å². The van der Waals surface area contributed by atoms with E-state index < -0.39 is 11.6 Å². The van der Waals surface area contributed by atoms with Gasteiger partial charge in [0.15, 0.2) is 5.82 Å². The smallest absolute Gasteiger partial charge is 0.155 e. The summed E-state index contributed by atoms with van der Waals surface area (Å²) < 4.78 is 26.8. The van der Waals surface area contributed by atoms with Crippen LogP contribution in [0.2, 0.25) is 0 Å². The first kappa shape index (κ1) is 13.2. The zero-order chi connectivity index (χ0) is 14.0. The maximum atomic E-state index is 13.6. The average Bonchev–Trinajstić information content (AvgIpc) is 2.38. The van der Waals surface area contributed by atoms with E-state index in [0.29, 0.717) is 0 Å². The van der Waals surface area contributed by atoms with Crippen LogP contribution < -0.4 is 11.1 Å². The lowest BCUT2D eigenvalue weighted by Gasteiger charge is -2.10. The minimum atomic E-state index is -0.788. The quantitative estimate of drug-likeness (QED) is 0.831. The van der Waals surface area contributed by atoms with Gasteiger partial charge in [-0.2, -0.15) is 5.26 Å². The monoisotopic (exact) mass is 324 g/mol. The molecule has 0 aliphatic heterocycles. The van der Waals surface area contributed by atoms with Crippen molar-refractivity contribution in [2.24, 2.45) is 0 Å². The third-order valence-corrected chi connectivity index (χ3v) is 2.98. The number of nitrogens with zero attached hydrogens (tertiary/aromatic N) is 2. The van der Waals surface area contributed by atoms with Gasteiger partial charge in [-0.3, -0.25) is 0 Å². The summed E-state index contributed by atoms with van der Waals surface area (Å²) in [4.78, 5) is 3.91. The van der Waals surface area contributed by atoms with E-state index in [2.05, 4.69) is 26.2 Å². The summed E-state index contributed by atoms with van der Waals surface area (Å²) >= 11 is 2.95. The van der Waals surface area contributed by atoms with Crippen molar-refractivity contribution in [3.63, 3.8) is 0 Å². The van der Waals surface area contributed by atoms with Crippen LogP contribution in [-0.2, 0) is 0 Å². The number of nitriles is 1. The summed E-state index contributed by atoms with van der Waals surface area (Å²) in [6.07, 6.45) is 1.37. The molecule has 0 bridgehead atoms. The third-order valence-electron chi connectivity index (χ3n) is 2.37. The third kappa shape index (κ3) is 2.63. The van der Waals surface area contributed by atoms with Gasteiger partial charge in [0.25, 0.3) is 0 Å². The Hall–Kier alpha value is -2.20. The summed E-state index contributed by atoms with van der Waals surface area (Å²) in [6, 6.07) is 5.29. The number of nitrogens with two attached hydrogens (primary N) is 1. The van der Waals surface area contributed by atoms with Gasteiger partial charge in [0.05, 0.1) is 21.4 Å². The molecule has 0 radical (unpaired) electrons. The molecule has 0 saturated heterocycles. The molecule has 0 aliphatic rings. The second-order valence-electron chi connectivity index (χ2n) is 3.60. The van der Waals surface area contributed by atoms with Crippen LogP contribution in [0.15, 0.2) is 28.9 Å². The zero-order valence-corrected chi connectivity index (χ0v) is 11.0. The summed E-state index contributed by atoms with van der Waals surface area (Å²) in [5, 5.41) is 11.5. The van der Waals surface area contributed by atoms with Crippen molar-refractivity contribution in [3.05, 3.63) is 46.1 Å². The van der Waals surface area contributed by atoms with Gasteiger partial charge >= 0.3 is 0 Å². The lowest BCUT2D eigenvalue weighted by molar-refractivity contribution is 0.581. The van der Waals surface area contributed by atoms with Gasteiger partial charge in [-0.1, -0.05) is 0 Å². The number of hydrogen-bond donors (Lipinski definition) is 2. The summed E-state index contributed by atoms with van der Waals surface area (Å²) in [7, 11) is 0. The van der Waals surface area contributed by atoms with Gasteiger partial charge in [-0.25, -0.2) is 13.8 Å². The normalized spacial score (nSPS) is 10.0. The molecule has 1 heterocycles. The second-order valence-corrected chi connectivity index (χ2v) is 4.46. The molecular formula is C12H7BrF2N4. The first-order chi connectivity index (χ1) is 9.02. The van der Waals surface area contributed by atoms with E-state index in [1.165, 1.54) is 18.3 Å². The number of nitrogens with one attached hydrogen (secondary N) is 1. The maximum absolute atomic E-state index is 13.6. The molecule has 0 atom stereocenters. The molecule has 3 N–H and O–H groups in total. The van der Waals surface area contributed by atoms with E-state index in [4.69, 9.17) is 11.0 Å². The highest BCUT2D eigenvalue weighted by Gasteiger charge is 2.11. The van der Waals surface area contributed by atoms with Crippen molar-refractivity contribution >= 4 is 33.1 Å². The molecule has 0 saturated carbocycles. The van der Waals surface area contributed by atoms with Crippen molar-refractivity contribution in [1.82, 2.24) is 4.98 Å². The van der Waals surface area contributed by atoms with Gasteiger partial charge in [0.2, 0.25) is 0 Å². The molecule has 19 heavy (non-hydrogen) atoms. The Morgan fingerprint density at radius 2 is 2.05 bits per heavy atom. The summed E-state index contributed by atoms with van der Waals surface area (Å²) in [5.74, 6) is -1.37. The summed E-state index contributed by atoms with van der Waals surface area (Å²) in [5.41, 5.74) is 6.03. The van der Waals surface area contributed by atoms with Gasteiger partial charge in [-0.15, -0.1) is 0 Å². The van der Waals surface area contributed by atoms with E-state index >= 15 is 0 Å². The molecule has 1 aromatic heterocycles. The molecule has 2 rings (SSSR count). The molecule has 0 fully saturated rings. The van der Waals surface area contributed by atoms with Crippen molar-refractivity contribution < 1.29 is 8.78 Å². The fraction of sp³-hybridized carbons (Fsp3) is 0. The number of anilines is 3. The molecule has 7 heteroatoms. The Balaban J connectivity index is 2.43. The maximum Gasteiger partial charge on any atom is 0.155 e. The molecule has 0 amide bonds. The first-order valence-electron chi connectivity index (χ1n) is 5.09. The Morgan fingerprint density at radius 1 is 1.32 bits per heavy atom. The molecular weight excluding hydrogens is 318 g/mol. The highest BCUT2D eigenvalue weighted by atomic mass is 79.9. The Labute approximate surface area is 116 Å². The van der Waals surface area contributed by atoms with Crippen molar-refractivity contribution in [2.75, 3.05) is 11.1 Å². The Morgan fingerprint density at radius 3 is 2.74 bits per heavy atom. The van der Waals surface area contributed by atoms with E-state index in [0.717, 1.165) is 6.07 Å². The van der Waals surface area contributed by atoms with Gasteiger partial charge in [-0.05, 0) is 28.1 Å². The highest BCUT2D eigenvalue weighted by molar-refractivity contribution is 9.10. The lowest BCUT2D eigenvalue weighted by Crippen LogP contribution is -2.03. The van der Waals surface area contributed by atoms with Crippen LogP contribution in [0, 0.1) is 23.0 Å². The Bertz CT molecular complexity index is 682. The number of benzene rings is 1. The number of nitrogen functional groups attached to an aromatic ring is 1. The minimum Gasteiger partial charge on any atom is -0.395 e. The molecule has 0 spiro atoms. The molecule has 2 aromatic rings. The Kier molecular flexibility index (Phi) is 3.62. The zero-order valence-electron chi connectivity index (χ0n) is 9.42. The SMILES string of the molecule is N#Cc1ccnc(Nc2cc(Br)c(F)cc2F)c1N. The van der Waals surface area contributed by atoms with Gasteiger partial charge in [0, 0.05) is 12.3 Å². The van der Waals surface area contributed by atoms with E-state index in [-0.39, 0.29) is 27.2 Å². The van der Waals surface area contributed by atoms with E-state index in [1.807, 2.05) is 6.07 Å². The van der Waals surface area contributed by atoms with Crippen molar-refractivity contribution in [1.29, 1.82) is 5.26 Å². The van der Waals surface area contributed by atoms with Crippen LogP contribution >= 0.6 is 15.9 Å². The molecule has 0 aliphatic carbocycles. The fourth-order valence-electron chi connectivity index (χ4n) is 1.42. The standard InChI is InChI=1S/C12H7BrF2N4/c13-7-3-10(9(15)4-8(7)14)19-12-11(17)6(5-16)1-2-18-12/h1-4H,17H2,(H,18,19). The highest BCUT2D eigenvalue weighted by Crippen LogP contribution is 2.28. The molecule has 96 valence electrons. The lowest BCUT2D eigenvalue weighted by atomic mass is 10.2. The number of rotatable bonds is 2. The summed E-state index contributed by atoms with van der Waals surface area (Å²) in [6.45, 7) is 0.